The number of hydrogen-bond donors (Lipinski definition) is 2. The zero-order valence-corrected chi connectivity index (χ0v) is 13.4. The van der Waals surface area contributed by atoms with Crippen LogP contribution >= 0.6 is 0 Å². The summed E-state index contributed by atoms with van der Waals surface area (Å²) < 4.78 is 39.6. The van der Waals surface area contributed by atoms with Gasteiger partial charge in [-0.3, -0.25) is 4.48 Å². The molecule has 0 bridgehead atoms. The molecule has 1 saturated heterocycles. The normalized spacial score (nSPS) is 27.3. The number of halogens is 3. The first-order valence-electron chi connectivity index (χ1n) is 7.56. The number of alkyl halides is 3. The topological polar surface area (TPSA) is 24.1 Å². The number of likely N-dealkylation sites (N-methyl/N-ethyl adjacent to an activating group) is 1. The van der Waals surface area contributed by atoms with Crippen molar-refractivity contribution < 1.29 is 17.7 Å². The summed E-state index contributed by atoms with van der Waals surface area (Å²) >= 11 is 0. The Kier molecular flexibility index (Phi) is 3.57. The minimum Gasteiger partial charge on any atom is -0.320 e. The Bertz CT molecular complexity index is 721. The van der Waals surface area contributed by atoms with E-state index in [2.05, 4.69) is 10.6 Å². The molecule has 2 aromatic rings. The van der Waals surface area contributed by atoms with Crippen LogP contribution in [0.1, 0.15) is 6.92 Å². The largest absolute Gasteiger partial charge is 0.409 e. The zero-order chi connectivity index (χ0) is 16.9. The van der Waals surface area contributed by atoms with Crippen LogP contribution < -0.4 is 10.6 Å². The Morgan fingerprint density at radius 1 is 1.13 bits per heavy atom. The molecular weight excluding hydrogens is 303 g/mol. The molecule has 124 valence electrons. The predicted molar refractivity (Wildman–Crippen MR) is 85.9 cm³/mol. The van der Waals surface area contributed by atoms with Crippen molar-refractivity contribution in [3.63, 3.8) is 0 Å². The summed E-state index contributed by atoms with van der Waals surface area (Å²) in [5.41, 5.74) is 0.826. The van der Waals surface area contributed by atoms with E-state index in [0.29, 0.717) is 0 Å². The van der Waals surface area contributed by atoms with Crippen LogP contribution in [0.25, 0.3) is 10.8 Å². The van der Waals surface area contributed by atoms with E-state index in [1.54, 1.807) is 21.0 Å². The van der Waals surface area contributed by atoms with E-state index in [1.807, 2.05) is 42.5 Å². The Hall–Kier alpha value is -1.79. The molecule has 0 aromatic heterocycles. The molecule has 0 radical (unpaired) electrons. The standard InChI is InChI=1S/C17H21F3N3/c1-16(22-15(17(18,19)20)11-23(16,2)3)21-14-10-6-8-12-7-4-5-9-13(12)14/h4-10,15,21-22H,11H2,1-3H3/q+1. The second-order valence-electron chi connectivity index (χ2n) is 6.83. The number of rotatable bonds is 2. The lowest BCUT2D eigenvalue weighted by Gasteiger charge is -2.41. The van der Waals surface area contributed by atoms with Crippen LogP contribution in [0.5, 0.6) is 0 Å². The number of benzene rings is 2. The number of quaternary nitrogens is 1. The summed E-state index contributed by atoms with van der Waals surface area (Å²) in [7, 11) is 3.60. The van der Waals surface area contributed by atoms with Gasteiger partial charge in [0, 0.05) is 18.0 Å². The highest BCUT2D eigenvalue weighted by atomic mass is 19.4. The van der Waals surface area contributed by atoms with E-state index in [0.717, 1.165) is 16.5 Å². The second-order valence-corrected chi connectivity index (χ2v) is 6.83. The lowest BCUT2D eigenvalue weighted by atomic mass is 10.1. The van der Waals surface area contributed by atoms with E-state index in [1.165, 1.54) is 0 Å². The Labute approximate surface area is 133 Å². The summed E-state index contributed by atoms with van der Waals surface area (Å²) in [6, 6.07) is 12.1. The highest BCUT2D eigenvalue weighted by molar-refractivity contribution is 5.93. The molecule has 0 amide bonds. The molecule has 23 heavy (non-hydrogen) atoms. The first kappa shape index (κ1) is 16.1. The van der Waals surface area contributed by atoms with Crippen LogP contribution in [0.4, 0.5) is 18.9 Å². The van der Waals surface area contributed by atoms with Crippen LogP contribution in [0, 0.1) is 0 Å². The Morgan fingerprint density at radius 3 is 2.43 bits per heavy atom. The van der Waals surface area contributed by atoms with Crippen molar-refractivity contribution in [2.24, 2.45) is 0 Å². The lowest BCUT2D eigenvalue weighted by Crippen LogP contribution is -2.63. The number of anilines is 1. The maximum absolute atomic E-state index is 13.1. The number of nitrogens with one attached hydrogen (secondary N) is 2. The third-order valence-electron chi connectivity index (χ3n) is 4.87. The second kappa shape index (κ2) is 5.11. The summed E-state index contributed by atoms with van der Waals surface area (Å²) in [5, 5.41) is 8.11. The van der Waals surface area contributed by atoms with Gasteiger partial charge in [-0.15, -0.1) is 0 Å². The fraction of sp³-hybridized carbons (Fsp3) is 0.412. The summed E-state index contributed by atoms with van der Waals surface area (Å²) in [6.45, 7) is 1.76. The molecule has 3 nitrogen and oxygen atoms in total. The predicted octanol–water partition coefficient (Wildman–Crippen LogP) is 3.54. The van der Waals surface area contributed by atoms with Gasteiger partial charge in [-0.1, -0.05) is 36.4 Å². The van der Waals surface area contributed by atoms with Crippen molar-refractivity contribution in [2.75, 3.05) is 26.0 Å². The van der Waals surface area contributed by atoms with Gasteiger partial charge in [0.2, 0.25) is 5.79 Å². The Morgan fingerprint density at radius 2 is 1.78 bits per heavy atom. The van der Waals surface area contributed by atoms with E-state index in [-0.39, 0.29) is 11.0 Å². The lowest BCUT2D eigenvalue weighted by molar-refractivity contribution is -0.924. The highest BCUT2D eigenvalue weighted by Crippen LogP contribution is 2.35. The average Bonchev–Trinajstić information content (AvgIpc) is 2.69. The molecule has 2 N–H and O–H groups in total. The van der Waals surface area contributed by atoms with Gasteiger partial charge in [-0.2, -0.15) is 13.2 Å². The minimum absolute atomic E-state index is 0.0161. The van der Waals surface area contributed by atoms with Crippen LogP contribution in [-0.2, 0) is 0 Å². The molecular formula is C17H21F3N3+. The van der Waals surface area contributed by atoms with Crippen molar-refractivity contribution in [1.29, 1.82) is 0 Å². The van der Waals surface area contributed by atoms with Gasteiger partial charge in [0.15, 0.2) is 6.04 Å². The minimum atomic E-state index is -4.26. The molecule has 1 aliphatic rings. The average molecular weight is 324 g/mol. The molecule has 3 rings (SSSR count). The van der Waals surface area contributed by atoms with Gasteiger partial charge in [0.25, 0.3) is 0 Å². The number of nitrogens with zero attached hydrogens (tertiary/aromatic N) is 1. The fourth-order valence-corrected chi connectivity index (χ4v) is 3.17. The van der Waals surface area contributed by atoms with Crippen molar-refractivity contribution in [1.82, 2.24) is 5.32 Å². The number of hydrogen-bond acceptors (Lipinski definition) is 2. The van der Waals surface area contributed by atoms with Crippen molar-refractivity contribution in [3.8, 4) is 0 Å². The van der Waals surface area contributed by atoms with E-state index < -0.39 is 18.0 Å². The smallest absolute Gasteiger partial charge is 0.320 e. The van der Waals surface area contributed by atoms with Gasteiger partial charge in [0.1, 0.15) is 6.54 Å². The van der Waals surface area contributed by atoms with Gasteiger partial charge in [-0.25, -0.2) is 5.32 Å². The molecule has 2 unspecified atom stereocenters. The summed E-state index contributed by atoms with van der Waals surface area (Å²) in [4.78, 5) is 0. The molecule has 1 aliphatic heterocycles. The monoisotopic (exact) mass is 324 g/mol. The van der Waals surface area contributed by atoms with E-state index in [9.17, 15) is 13.2 Å². The third kappa shape index (κ3) is 2.77. The van der Waals surface area contributed by atoms with Crippen molar-refractivity contribution >= 4 is 16.5 Å². The third-order valence-corrected chi connectivity index (χ3v) is 4.87. The fourth-order valence-electron chi connectivity index (χ4n) is 3.17. The summed E-state index contributed by atoms with van der Waals surface area (Å²) in [5.74, 6) is -0.912. The molecule has 0 aliphatic carbocycles. The molecule has 0 saturated carbocycles. The maximum Gasteiger partial charge on any atom is 0.409 e. The van der Waals surface area contributed by atoms with Gasteiger partial charge in [-0.05, 0) is 11.5 Å². The first-order valence-corrected chi connectivity index (χ1v) is 7.56. The first-order chi connectivity index (χ1) is 10.6. The van der Waals surface area contributed by atoms with Crippen LogP contribution in [0.15, 0.2) is 42.5 Å². The van der Waals surface area contributed by atoms with E-state index >= 15 is 0 Å². The zero-order valence-electron chi connectivity index (χ0n) is 13.4. The summed E-state index contributed by atoms with van der Waals surface area (Å²) in [6.07, 6.45) is -4.26. The molecule has 1 fully saturated rings. The van der Waals surface area contributed by atoms with Crippen molar-refractivity contribution in [3.05, 3.63) is 42.5 Å². The Balaban J connectivity index is 1.97. The van der Waals surface area contributed by atoms with Crippen molar-refractivity contribution in [2.45, 2.75) is 24.9 Å². The van der Waals surface area contributed by atoms with E-state index in [4.69, 9.17) is 0 Å². The quantitative estimate of drug-likeness (QED) is 0.826. The molecule has 0 spiro atoms. The maximum atomic E-state index is 13.1. The van der Waals surface area contributed by atoms with Crippen LogP contribution in [0.2, 0.25) is 0 Å². The van der Waals surface area contributed by atoms with Gasteiger partial charge < -0.3 is 5.32 Å². The van der Waals surface area contributed by atoms with Crippen LogP contribution in [0.3, 0.4) is 0 Å². The molecule has 6 heteroatoms. The molecule has 2 atom stereocenters. The van der Waals surface area contributed by atoms with Gasteiger partial charge in [0.05, 0.1) is 14.1 Å². The SMILES string of the molecule is CC1(Nc2cccc3ccccc23)NC(C(F)(F)F)C[N+]1(C)C. The highest BCUT2D eigenvalue weighted by Gasteiger charge is 2.58. The molecule has 2 aromatic carbocycles. The number of fused-ring (bicyclic) bond motifs is 1. The van der Waals surface area contributed by atoms with Gasteiger partial charge >= 0.3 is 6.18 Å². The molecule has 1 heterocycles. The van der Waals surface area contributed by atoms with Crippen LogP contribution in [-0.4, -0.2) is 43.1 Å².